The highest BCUT2D eigenvalue weighted by atomic mass is 16.4. The lowest BCUT2D eigenvalue weighted by Gasteiger charge is -2.37. The lowest BCUT2D eigenvalue weighted by Crippen LogP contribution is -2.47. The highest BCUT2D eigenvalue weighted by Gasteiger charge is 2.76. The van der Waals surface area contributed by atoms with E-state index < -0.39 is 16.2 Å². The number of carbonyl (C=O) groups is 2. The largest absolute Gasteiger partial charge is 0.411 e. The highest BCUT2D eigenvalue weighted by molar-refractivity contribution is 6.51. The lowest BCUT2D eigenvalue weighted by atomic mass is 9.64. The Bertz CT molecular complexity index is 720. The van der Waals surface area contributed by atoms with Crippen LogP contribution in [0.2, 0.25) is 0 Å². The van der Waals surface area contributed by atoms with Crippen LogP contribution in [0.1, 0.15) is 39.2 Å². The molecule has 2 bridgehead atoms. The van der Waals surface area contributed by atoms with Gasteiger partial charge in [0.2, 0.25) is 5.91 Å². The summed E-state index contributed by atoms with van der Waals surface area (Å²) in [5.74, 6) is -0.651. The number of oxime groups is 1. The number of hydrogen-bond donors (Lipinski definition) is 2. The van der Waals surface area contributed by atoms with Crippen LogP contribution in [0.5, 0.6) is 0 Å². The number of anilines is 1. The molecule has 3 rings (SSSR count). The summed E-state index contributed by atoms with van der Waals surface area (Å²) in [5, 5.41) is 15.4. The van der Waals surface area contributed by atoms with Gasteiger partial charge < -0.3 is 10.5 Å². The summed E-state index contributed by atoms with van der Waals surface area (Å²) in [6.45, 7) is 7.73. The molecule has 122 valence electrons. The summed E-state index contributed by atoms with van der Waals surface area (Å²) < 4.78 is 0. The summed E-state index contributed by atoms with van der Waals surface area (Å²) in [5.41, 5.74) is -0.457. The average molecular weight is 314 g/mol. The third kappa shape index (κ3) is 1.70. The molecular formula is C18H22N2O3. The fourth-order valence-electron chi connectivity index (χ4n) is 4.33. The van der Waals surface area contributed by atoms with Crippen molar-refractivity contribution in [1.82, 2.24) is 0 Å². The number of nitrogens with one attached hydrogen (secondary N) is 1. The van der Waals surface area contributed by atoms with Gasteiger partial charge in [0, 0.05) is 11.1 Å². The Labute approximate surface area is 135 Å². The Morgan fingerprint density at radius 1 is 1.17 bits per heavy atom. The number of rotatable bonds is 2. The van der Waals surface area contributed by atoms with E-state index in [4.69, 9.17) is 0 Å². The van der Waals surface area contributed by atoms with E-state index in [2.05, 4.69) is 10.5 Å². The van der Waals surface area contributed by atoms with Gasteiger partial charge in [-0.3, -0.25) is 9.59 Å². The van der Waals surface area contributed by atoms with Crippen LogP contribution >= 0.6 is 0 Å². The fourth-order valence-corrected chi connectivity index (χ4v) is 4.33. The van der Waals surface area contributed by atoms with Gasteiger partial charge in [0.05, 0.1) is 0 Å². The third-order valence-corrected chi connectivity index (χ3v) is 6.37. The van der Waals surface area contributed by atoms with Crippen LogP contribution in [-0.2, 0) is 9.59 Å². The van der Waals surface area contributed by atoms with E-state index in [1.807, 2.05) is 52.0 Å². The molecule has 2 saturated carbocycles. The van der Waals surface area contributed by atoms with Crippen LogP contribution in [0.4, 0.5) is 5.69 Å². The zero-order valence-corrected chi connectivity index (χ0v) is 13.9. The number of amides is 1. The first-order chi connectivity index (χ1) is 10.7. The molecule has 1 aromatic rings. The molecule has 0 heterocycles. The fraction of sp³-hybridized carbons (Fsp3) is 0.500. The Morgan fingerprint density at radius 3 is 2.30 bits per heavy atom. The molecule has 2 aliphatic rings. The van der Waals surface area contributed by atoms with Gasteiger partial charge in [0.1, 0.15) is 11.1 Å². The van der Waals surface area contributed by atoms with Crippen molar-refractivity contribution in [3.05, 3.63) is 29.8 Å². The van der Waals surface area contributed by atoms with Crippen LogP contribution in [-0.4, -0.2) is 22.6 Å². The van der Waals surface area contributed by atoms with Gasteiger partial charge in [-0.15, -0.1) is 0 Å². The maximum atomic E-state index is 13.0. The molecule has 2 atom stereocenters. The predicted molar refractivity (Wildman–Crippen MR) is 87.6 cm³/mol. The second-order valence-corrected chi connectivity index (χ2v) is 7.46. The van der Waals surface area contributed by atoms with Gasteiger partial charge in [-0.2, -0.15) is 0 Å². The molecule has 1 amide bonds. The molecule has 0 saturated heterocycles. The monoisotopic (exact) mass is 314 g/mol. The molecular weight excluding hydrogens is 292 g/mol. The van der Waals surface area contributed by atoms with Gasteiger partial charge in [-0.1, -0.05) is 43.6 Å². The SMILES string of the molecule is Cc1ccc(NC(=O)C23CCC(C)(/C(=N/O)C2=O)C3(C)C)cc1. The average Bonchev–Trinajstić information content (AvgIpc) is 2.77. The van der Waals surface area contributed by atoms with Crippen molar-refractivity contribution < 1.29 is 14.8 Å². The zero-order valence-electron chi connectivity index (χ0n) is 13.9. The smallest absolute Gasteiger partial charge is 0.239 e. The second kappa shape index (κ2) is 4.66. The number of carbonyl (C=O) groups excluding carboxylic acids is 2. The molecule has 0 aromatic heterocycles. The van der Waals surface area contributed by atoms with Crippen molar-refractivity contribution in [2.75, 3.05) is 5.32 Å². The quantitative estimate of drug-likeness (QED) is 0.500. The maximum Gasteiger partial charge on any atom is 0.239 e. The first-order valence-corrected chi connectivity index (χ1v) is 7.86. The van der Waals surface area contributed by atoms with Gasteiger partial charge in [0.25, 0.3) is 0 Å². The molecule has 2 unspecified atom stereocenters. The van der Waals surface area contributed by atoms with Crippen molar-refractivity contribution >= 4 is 23.1 Å². The molecule has 0 radical (unpaired) electrons. The lowest BCUT2D eigenvalue weighted by molar-refractivity contribution is -0.140. The van der Waals surface area contributed by atoms with Crippen LogP contribution in [0, 0.1) is 23.2 Å². The number of fused-ring (bicyclic) bond motifs is 2. The summed E-state index contributed by atoms with van der Waals surface area (Å²) in [6, 6.07) is 7.47. The van der Waals surface area contributed by atoms with E-state index in [1.54, 1.807) is 0 Å². The normalized spacial score (nSPS) is 33.2. The Balaban J connectivity index is 2.02. The second-order valence-electron chi connectivity index (χ2n) is 7.46. The van der Waals surface area contributed by atoms with E-state index in [-0.39, 0.29) is 17.4 Å². The molecule has 2 N–H and O–H groups in total. The summed E-state index contributed by atoms with van der Waals surface area (Å²) in [7, 11) is 0. The number of nitrogens with zero attached hydrogens (tertiary/aromatic N) is 1. The number of benzene rings is 1. The van der Waals surface area contributed by atoms with E-state index in [0.29, 0.717) is 18.5 Å². The molecule has 23 heavy (non-hydrogen) atoms. The van der Waals surface area contributed by atoms with Crippen LogP contribution in [0.15, 0.2) is 29.4 Å². The van der Waals surface area contributed by atoms with Crippen molar-refractivity contribution in [2.45, 2.75) is 40.5 Å². The van der Waals surface area contributed by atoms with Crippen LogP contribution < -0.4 is 5.32 Å². The molecule has 5 heteroatoms. The number of aryl methyl sites for hydroxylation is 1. The van der Waals surface area contributed by atoms with Crippen molar-refractivity contribution in [1.29, 1.82) is 0 Å². The first kappa shape index (κ1) is 15.7. The summed E-state index contributed by atoms with van der Waals surface area (Å²) in [6.07, 6.45) is 1.14. The van der Waals surface area contributed by atoms with E-state index in [0.717, 1.165) is 5.56 Å². The van der Waals surface area contributed by atoms with Gasteiger partial charge in [0.15, 0.2) is 5.78 Å². The first-order valence-electron chi connectivity index (χ1n) is 7.86. The number of ketones is 1. The van der Waals surface area contributed by atoms with Gasteiger partial charge >= 0.3 is 0 Å². The van der Waals surface area contributed by atoms with Crippen molar-refractivity contribution in [3.63, 3.8) is 0 Å². The van der Waals surface area contributed by atoms with E-state index >= 15 is 0 Å². The molecule has 1 aromatic carbocycles. The zero-order chi connectivity index (χ0) is 17.0. The minimum Gasteiger partial charge on any atom is -0.411 e. The minimum absolute atomic E-state index is 0.132. The highest BCUT2D eigenvalue weighted by Crippen LogP contribution is 2.69. The Kier molecular flexibility index (Phi) is 3.19. The van der Waals surface area contributed by atoms with Crippen LogP contribution in [0.3, 0.4) is 0 Å². The van der Waals surface area contributed by atoms with Crippen LogP contribution in [0.25, 0.3) is 0 Å². The summed E-state index contributed by atoms with van der Waals surface area (Å²) >= 11 is 0. The molecule has 2 fully saturated rings. The van der Waals surface area contributed by atoms with E-state index in [9.17, 15) is 14.8 Å². The third-order valence-electron chi connectivity index (χ3n) is 6.37. The molecule has 5 nitrogen and oxygen atoms in total. The van der Waals surface area contributed by atoms with Gasteiger partial charge in [-0.05, 0) is 37.3 Å². The Morgan fingerprint density at radius 2 is 1.78 bits per heavy atom. The Hall–Kier alpha value is -2.17. The topological polar surface area (TPSA) is 78.8 Å². The standard InChI is InChI=1S/C18H22N2O3/c1-11-5-7-12(8-6-11)19-15(22)18-10-9-17(4,16(18,2)3)13(20-23)14(18)21/h5-8,23H,9-10H2,1-4H3,(H,19,22)/b20-13+. The van der Waals surface area contributed by atoms with Crippen molar-refractivity contribution in [3.8, 4) is 0 Å². The van der Waals surface area contributed by atoms with E-state index in [1.165, 1.54) is 0 Å². The minimum atomic E-state index is -1.17. The number of Topliss-reactive ketones (excluding diaryl/α,β-unsaturated/α-hetero) is 1. The molecule has 0 spiro atoms. The molecule has 0 aliphatic heterocycles. The van der Waals surface area contributed by atoms with Gasteiger partial charge in [-0.25, -0.2) is 0 Å². The maximum absolute atomic E-state index is 13.0. The predicted octanol–water partition coefficient (Wildman–Crippen LogP) is 3.16. The summed E-state index contributed by atoms with van der Waals surface area (Å²) in [4.78, 5) is 25.9. The number of hydrogen-bond acceptors (Lipinski definition) is 4. The van der Waals surface area contributed by atoms with Crippen molar-refractivity contribution in [2.24, 2.45) is 21.4 Å². The molecule has 2 aliphatic carbocycles.